The topological polar surface area (TPSA) is 93.4 Å². The maximum atomic E-state index is 13.0. The van der Waals surface area contributed by atoms with Crippen molar-refractivity contribution in [2.75, 3.05) is 50.5 Å². The molecule has 2 aromatic heterocycles. The molecule has 9 nitrogen and oxygen atoms in total. The first-order valence-corrected chi connectivity index (χ1v) is 11.9. The van der Waals surface area contributed by atoms with Crippen molar-refractivity contribution >= 4 is 15.8 Å². The number of anilines is 1. The largest absolute Gasteiger partial charge is 0.383 e. The minimum absolute atomic E-state index is 0.0547. The maximum absolute atomic E-state index is 13.0. The van der Waals surface area contributed by atoms with E-state index in [1.54, 1.807) is 30.3 Å². The number of ether oxygens (including phenoxy) is 1. The van der Waals surface area contributed by atoms with E-state index in [9.17, 15) is 8.42 Å². The fourth-order valence-electron chi connectivity index (χ4n) is 3.61. The van der Waals surface area contributed by atoms with Crippen LogP contribution in [0.3, 0.4) is 0 Å². The highest BCUT2D eigenvalue weighted by Gasteiger charge is 2.29. The van der Waals surface area contributed by atoms with E-state index in [4.69, 9.17) is 4.74 Å². The highest BCUT2D eigenvalue weighted by atomic mass is 32.2. The normalized spacial score (nSPS) is 16.2. The molecular weight excluding hydrogens is 404 g/mol. The summed E-state index contributed by atoms with van der Waals surface area (Å²) in [6.45, 7) is 10.6. The maximum Gasteiger partial charge on any atom is 0.227 e. The number of hydrogen-bond donors (Lipinski definition) is 0. The van der Waals surface area contributed by atoms with E-state index in [-0.39, 0.29) is 16.3 Å². The molecule has 30 heavy (non-hydrogen) atoms. The molecule has 1 saturated heterocycles. The number of methoxy groups -OCH3 is 1. The second-order valence-electron chi connectivity index (χ2n) is 8.81. The molecule has 0 aromatic carbocycles. The van der Waals surface area contributed by atoms with Crippen molar-refractivity contribution in [1.82, 2.24) is 24.4 Å². The Bertz CT molecular complexity index is 916. The van der Waals surface area contributed by atoms with Gasteiger partial charge in [-0.1, -0.05) is 20.8 Å². The molecule has 2 aromatic rings. The Balaban J connectivity index is 1.72. The molecule has 0 N–H and O–H groups in total. The Kier molecular flexibility index (Phi) is 7.10. The molecule has 0 bridgehead atoms. The molecule has 0 unspecified atom stereocenters. The minimum Gasteiger partial charge on any atom is -0.383 e. The predicted octanol–water partition coefficient (Wildman–Crippen LogP) is 1.46. The van der Waals surface area contributed by atoms with Gasteiger partial charge >= 0.3 is 0 Å². The zero-order valence-corrected chi connectivity index (χ0v) is 19.1. The summed E-state index contributed by atoms with van der Waals surface area (Å²) in [5, 5.41) is 0.140. The van der Waals surface area contributed by atoms with Crippen LogP contribution in [0.5, 0.6) is 0 Å². The first kappa shape index (κ1) is 22.6. The standard InChI is InChI=1S/C20H32N6O3S/c1-20(2,3)16-30(27,28)19-23-14-17(26(19)12-13-29-4)15-24-8-10-25(11-9-24)18-21-6-5-7-22-18/h5-7,14H,8-13,15-16H2,1-4H3. The highest BCUT2D eigenvalue weighted by Crippen LogP contribution is 2.23. The van der Waals surface area contributed by atoms with Crippen molar-refractivity contribution in [1.29, 1.82) is 0 Å². The molecule has 1 aliphatic heterocycles. The van der Waals surface area contributed by atoms with Gasteiger partial charge in [0.1, 0.15) is 0 Å². The van der Waals surface area contributed by atoms with Gasteiger partial charge in [-0.2, -0.15) is 0 Å². The number of rotatable bonds is 8. The molecular formula is C20H32N6O3S. The van der Waals surface area contributed by atoms with Crippen molar-refractivity contribution < 1.29 is 13.2 Å². The van der Waals surface area contributed by atoms with Crippen molar-refractivity contribution in [2.24, 2.45) is 5.41 Å². The van der Waals surface area contributed by atoms with Gasteiger partial charge in [0, 0.05) is 58.8 Å². The molecule has 1 fully saturated rings. The summed E-state index contributed by atoms with van der Waals surface area (Å²) in [6.07, 6.45) is 5.20. The number of piperazine rings is 1. The van der Waals surface area contributed by atoms with Gasteiger partial charge in [0.2, 0.25) is 20.9 Å². The Morgan fingerprint density at radius 3 is 2.33 bits per heavy atom. The Labute approximate surface area is 179 Å². The number of imidazole rings is 1. The Morgan fingerprint density at radius 1 is 1.07 bits per heavy atom. The molecule has 3 heterocycles. The summed E-state index contributed by atoms with van der Waals surface area (Å²) in [5.41, 5.74) is 0.552. The van der Waals surface area contributed by atoms with Crippen molar-refractivity contribution in [3.05, 3.63) is 30.4 Å². The number of sulfone groups is 1. The molecule has 0 radical (unpaired) electrons. The fraction of sp³-hybridized carbons (Fsp3) is 0.650. The molecule has 166 valence electrons. The Morgan fingerprint density at radius 2 is 1.73 bits per heavy atom. The van der Waals surface area contributed by atoms with Crippen molar-refractivity contribution in [3.63, 3.8) is 0 Å². The monoisotopic (exact) mass is 436 g/mol. The van der Waals surface area contributed by atoms with E-state index in [0.717, 1.165) is 37.8 Å². The van der Waals surface area contributed by atoms with E-state index >= 15 is 0 Å². The van der Waals surface area contributed by atoms with Gasteiger partial charge in [-0.05, 0) is 11.5 Å². The van der Waals surface area contributed by atoms with Gasteiger partial charge in [0.05, 0.1) is 24.3 Å². The molecule has 0 amide bonds. The van der Waals surface area contributed by atoms with Gasteiger partial charge in [0.25, 0.3) is 0 Å². The van der Waals surface area contributed by atoms with Gasteiger partial charge < -0.3 is 14.2 Å². The summed E-state index contributed by atoms with van der Waals surface area (Å²) < 4.78 is 33.0. The minimum atomic E-state index is -3.49. The number of nitrogens with zero attached hydrogens (tertiary/aromatic N) is 6. The van der Waals surface area contributed by atoms with Crippen LogP contribution in [0.4, 0.5) is 5.95 Å². The van der Waals surface area contributed by atoms with Crippen LogP contribution in [0, 0.1) is 5.41 Å². The lowest BCUT2D eigenvalue weighted by Crippen LogP contribution is -2.46. The van der Waals surface area contributed by atoms with Gasteiger partial charge in [-0.25, -0.2) is 23.4 Å². The van der Waals surface area contributed by atoms with Crippen LogP contribution < -0.4 is 4.90 Å². The third kappa shape index (κ3) is 5.77. The summed E-state index contributed by atoms with van der Waals surface area (Å²) in [4.78, 5) is 17.4. The fourth-order valence-corrected chi connectivity index (χ4v) is 5.64. The van der Waals surface area contributed by atoms with Crippen LogP contribution in [0.2, 0.25) is 0 Å². The lowest BCUT2D eigenvalue weighted by Gasteiger charge is -2.34. The predicted molar refractivity (Wildman–Crippen MR) is 115 cm³/mol. The summed E-state index contributed by atoms with van der Waals surface area (Å²) in [7, 11) is -1.87. The van der Waals surface area contributed by atoms with Gasteiger partial charge in [-0.3, -0.25) is 4.90 Å². The smallest absolute Gasteiger partial charge is 0.227 e. The van der Waals surface area contributed by atoms with Crippen LogP contribution >= 0.6 is 0 Å². The number of hydrogen-bond acceptors (Lipinski definition) is 8. The van der Waals surface area contributed by atoms with Gasteiger partial charge in [0.15, 0.2) is 0 Å². The molecule has 3 rings (SSSR count). The van der Waals surface area contributed by atoms with Crippen LogP contribution in [-0.4, -0.2) is 78.5 Å². The average molecular weight is 437 g/mol. The zero-order valence-electron chi connectivity index (χ0n) is 18.3. The molecule has 0 atom stereocenters. The van der Waals surface area contributed by atoms with E-state index in [1.165, 1.54) is 0 Å². The third-order valence-electron chi connectivity index (χ3n) is 4.91. The van der Waals surface area contributed by atoms with E-state index in [2.05, 4.69) is 24.8 Å². The summed E-state index contributed by atoms with van der Waals surface area (Å²) in [5.74, 6) is 0.803. The first-order chi connectivity index (χ1) is 14.2. The zero-order chi connectivity index (χ0) is 21.8. The van der Waals surface area contributed by atoms with E-state index < -0.39 is 9.84 Å². The van der Waals surface area contributed by atoms with Crippen molar-refractivity contribution in [3.8, 4) is 0 Å². The Hall–Kier alpha value is -2.04. The highest BCUT2D eigenvalue weighted by molar-refractivity contribution is 7.91. The van der Waals surface area contributed by atoms with Crippen molar-refractivity contribution in [2.45, 2.75) is 39.0 Å². The second-order valence-corrected chi connectivity index (χ2v) is 10.7. The summed E-state index contributed by atoms with van der Waals surface area (Å²) in [6, 6.07) is 1.81. The lowest BCUT2D eigenvalue weighted by molar-refractivity contribution is 0.180. The molecule has 0 aliphatic carbocycles. The molecule has 0 saturated carbocycles. The molecule has 0 spiro atoms. The van der Waals surface area contributed by atoms with Crippen LogP contribution in [0.25, 0.3) is 0 Å². The van der Waals surface area contributed by atoms with Crippen LogP contribution in [-0.2, 0) is 27.7 Å². The van der Waals surface area contributed by atoms with E-state index in [1.807, 2.05) is 26.8 Å². The third-order valence-corrected chi connectivity index (χ3v) is 7.04. The second kappa shape index (κ2) is 9.40. The van der Waals surface area contributed by atoms with Gasteiger partial charge in [-0.15, -0.1) is 0 Å². The quantitative estimate of drug-likeness (QED) is 0.614. The van der Waals surface area contributed by atoms with Crippen LogP contribution in [0.1, 0.15) is 26.5 Å². The SMILES string of the molecule is COCCn1c(CN2CCN(c3ncccn3)CC2)cnc1S(=O)(=O)CC(C)(C)C. The summed E-state index contributed by atoms with van der Waals surface area (Å²) >= 11 is 0. The first-order valence-electron chi connectivity index (χ1n) is 10.2. The number of aromatic nitrogens is 4. The van der Waals surface area contributed by atoms with E-state index in [0.29, 0.717) is 19.7 Å². The molecule has 1 aliphatic rings. The van der Waals surface area contributed by atoms with Crippen LogP contribution in [0.15, 0.2) is 29.8 Å². The average Bonchev–Trinajstić information content (AvgIpc) is 3.09. The molecule has 10 heteroatoms. The lowest BCUT2D eigenvalue weighted by atomic mass is 10.0.